The van der Waals surface area contributed by atoms with Gasteiger partial charge in [0.1, 0.15) is 34.1 Å². The molecule has 1 saturated heterocycles. The van der Waals surface area contributed by atoms with Gasteiger partial charge >= 0.3 is 0 Å². The minimum absolute atomic E-state index is 0.162. The average molecular weight is 466 g/mol. The minimum atomic E-state index is 0.162. The monoisotopic (exact) mass is 465 g/mol. The number of anilines is 1. The summed E-state index contributed by atoms with van der Waals surface area (Å²) in [4.78, 5) is 35.8. The summed E-state index contributed by atoms with van der Waals surface area (Å²) in [5.41, 5.74) is 1.61. The van der Waals surface area contributed by atoms with Crippen LogP contribution in [0, 0.1) is 6.92 Å². The van der Waals surface area contributed by atoms with Crippen LogP contribution in [0.3, 0.4) is 0 Å². The number of aromatic nitrogens is 5. The molecule has 0 atom stereocenters. The molecular formula is C23H27N7O2S. The first kappa shape index (κ1) is 21.6. The largest absolute Gasteiger partial charge is 0.395 e. The van der Waals surface area contributed by atoms with E-state index in [1.54, 1.807) is 11.3 Å². The summed E-state index contributed by atoms with van der Waals surface area (Å²) in [6.45, 7) is 7.46. The molecule has 0 bridgehead atoms. The first-order valence-corrected chi connectivity index (χ1v) is 12.2. The van der Waals surface area contributed by atoms with Crippen molar-refractivity contribution in [2.24, 2.45) is 0 Å². The Bertz CT molecular complexity index is 1280. The lowest BCUT2D eigenvalue weighted by Gasteiger charge is -2.35. The van der Waals surface area contributed by atoms with Crippen LogP contribution in [-0.4, -0.2) is 68.7 Å². The maximum Gasteiger partial charge on any atom is 0.222 e. The highest BCUT2D eigenvalue weighted by Gasteiger charge is 2.24. The molecule has 4 heterocycles. The Morgan fingerprint density at radius 3 is 2.79 bits per heavy atom. The third kappa shape index (κ3) is 4.47. The van der Waals surface area contributed by atoms with Gasteiger partial charge in [0.25, 0.3) is 0 Å². The van der Waals surface area contributed by atoms with Crippen molar-refractivity contribution < 1.29 is 9.63 Å². The SMILES string of the molecule is CCc1cc2c(N3CCN(C(=O)CCCOn4nnc5ccccc54)CC3)nc(C)nc2s1. The molecule has 0 N–H and O–H groups in total. The van der Waals surface area contributed by atoms with Gasteiger partial charge in [0, 0.05) is 37.5 Å². The Labute approximate surface area is 195 Å². The molecule has 9 nitrogen and oxygen atoms in total. The Morgan fingerprint density at radius 2 is 1.97 bits per heavy atom. The van der Waals surface area contributed by atoms with E-state index < -0.39 is 0 Å². The fraction of sp³-hybridized carbons (Fsp3) is 0.435. The average Bonchev–Trinajstić information content (AvgIpc) is 3.45. The van der Waals surface area contributed by atoms with E-state index in [-0.39, 0.29) is 5.91 Å². The van der Waals surface area contributed by atoms with E-state index in [2.05, 4.69) is 33.2 Å². The molecule has 10 heteroatoms. The molecule has 33 heavy (non-hydrogen) atoms. The van der Waals surface area contributed by atoms with E-state index in [9.17, 15) is 4.79 Å². The van der Waals surface area contributed by atoms with Crippen molar-refractivity contribution in [1.29, 1.82) is 0 Å². The molecule has 1 aliphatic heterocycles. The number of piperazine rings is 1. The maximum atomic E-state index is 12.7. The minimum Gasteiger partial charge on any atom is -0.395 e. The van der Waals surface area contributed by atoms with Crippen molar-refractivity contribution >= 4 is 44.3 Å². The van der Waals surface area contributed by atoms with Gasteiger partial charge < -0.3 is 14.6 Å². The highest BCUT2D eigenvalue weighted by atomic mass is 32.1. The van der Waals surface area contributed by atoms with Crippen molar-refractivity contribution in [3.05, 3.63) is 41.0 Å². The molecule has 1 aliphatic rings. The Kier molecular flexibility index (Phi) is 6.08. The van der Waals surface area contributed by atoms with Gasteiger partial charge in [0.15, 0.2) is 0 Å². The zero-order valence-electron chi connectivity index (χ0n) is 18.9. The standard InChI is InChI=1S/C23H27N7O2S/c1-3-17-15-18-22(24-16(2)25-23(18)33-17)29-12-10-28(11-13-29)21(31)9-6-14-32-30-20-8-5-4-7-19(20)26-27-30/h4-5,7-8,15H,3,6,9-14H2,1-2H3. The molecular weight excluding hydrogens is 438 g/mol. The number of nitrogens with zero attached hydrogens (tertiary/aromatic N) is 7. The van der Waals surface area contributed by atoms with Crippen molar-refractivity contribution in [1.82, 2.24) is 30.0 Å². The second kappa shape index (κ2) is 9.30. The Balaban J connectivity index is 1.13. The van der Waals surface area contributed by atoms with Crippen LogP contribution in [0.4, 0.5) is 5.82 Å². The molecule has 0 radical (unpaired) electrons. The molecule has 172 valence electrons. The van der Waals surface area contributed by atoms with Crippen molar-refractivity contribution in [3.63, 3.8) is 0 Å². The number of para-hydroxylation sites is 1. The van der Waals surface area contributed by atoms with Gasteiger partial charge in [-0.1, -0.05) is 23.9 Å². The van der Waals surface area contributed by atoms with E-state index in [1.807, 2.05) is 36.1 Å². The first-order valence-electron chi connectivity index (χ1n) is 11.4. The van der Waals surface area contributed by atoms with Gasteiger partial charge in [-0.2, -0.15) is 0 Å². The predicted molar refractivity (Wildman–Crippen MR) is 129 cm³/mol. The number of carbonyl (C=O) groups excluding carboxylic acids is 1. The number of fused-ring (bicyclic) bond motifs is 2. The number of thiophene rings is 1. The van der Waals surface area contributed by atoms with Gasteiger partial charge in [0.05, 0.1) is 5.39 Å². The van der Waals surface area contributed by atoms with Crippen LogP contribution >= 0.6 is 11.3 Å². The predicted octanol–water partition coefficient (Wildman–Crippen LogP) is 2.86. The highest BCUT2D eigenvalue weighted by molar-refractivity contribution is 7.18. The van der Waals surface area contributed by atoms with Gasteiger partial charge in [-0.05, 0) is 43.2 Å². The second-order valence-electron chi connectivity index (χ2n) is 8.14. The fourth-order valence-electron chi connectivity index (χ4n) is 4.12. The highest BCUT2D eigenvalue weighted by Crippen LogP contribution is 2.31. The second-order valence-corrected chi connectivity index (χ2v) is 9.25. The van der Waals surface area contributed by atoms with Crippen LogP contribution in [0.15, 0.2) is 30.3 Å². The zero-order chi connectivity index (χ0) is 22.8. The molecule has 0 unspecified atom stereocenters. The number of rotatable bonds is 7. The summed E-state index contributed by atoms with van der Waals surface area (Å²) in [7, 11) is 0. The summed E-state index contributed by atoms with van der Waals surface area (Å²) in [5.74, 6) is 1.95. The third-order valence-electron chi connectivity index (χ3n) is 5.89. The van der Waals surface area contributed by atoms with Crippen molar-refractivity contribution in [3.8, 4) is 0 Å². The van der Waals surface area contributed by atoms with E-state index >= 15 is 0 Å². The number of carbonyl (C=O) groups is 1. The summed E-state index contributed by atoms with van der Waals surface area (Å²) in [6.07, 6.45) is 2.08. The van der Waals surface area contributed by atoms with Crippen LogP contribution in [-0.2, 0) is 11.2 Å². The molecule has 0 spiro atoms. The Morgan fingerprint density at radius 1 is 1.15 bits per heavy atom. The van der Waals surface area contributed by atoms with Crippen LogP contribution in [0.1, 0.15) is 30.5 Å². The molecule has 5 rings (SSSR count). The van der Waals surface area contributed by atoms with Crippen molar-refractivity contribution in [2.75, 3.05) is 37.7 Å². The number of hydrogen-bond acceptors (Lipinski definition) is 8. The number of amides is 1. The molecule has 1 aromatic carbocycles. The number of hydrogen-bond donors (Lipinski definition) is 0. The van der Waals surface area contributed by atoms with Gasteiger partial charge in [-0.3, -0.25) is 4.79 Å². The summed E-state index contributed by atoms with van der Waals surface area (Å²) < 4.78 is 0. The summed E-state index contributed by atoms with van der Waals surface area (Å²) in [5, 5.41) is 9.20. The lowest BCUT2D eigenvalue weighted by molar-refractivity contribution is -0.131. The lowest BCUT2D eigenvalue weighted by atomic mass is 10.2. The summed E-state index contributed by atoms with van der Waals surface area (Å²) >= 11 is 1.74. The molecule has 4 aromatic rings. The van der Waals surface area contributed by atoms with E-state index in [4.69, 9.17) is 9.82 Å². The van der Waals surface area contributed by atoms with Crippen LogP contribution in [0.2, 0.25) is 0 Å². The quantitative estimate of drug-likeness (QED) is 0.388. The maximum absolute atomic E-state index is 12.7. The number of benzene rings is 1. The van der Waals surface area contributed by atoms with E-state index in [0.29, 0.717) is 32.5 Å². The smallest absolute Gasteiger partial charge is 0.222 e. The molecule has 0 aliphatic carbocycles. The normalized spacial score (nSPS) is 14.4. The van der Waals surface area contributed by atoms with Crippen LogP contribution < -0.4 is 9.74 Å². The topological polar surface area (TPSA) is 89.3 Å². The molecule has 1 amide bonds. The van der Waals surface area contributed by atoms with Gasteiger partial charge in [-0.15, -0.1) is 16.4 Å². The molecule has 3 aromatic heterocycles. The third-order valence-corrected chi connectivity index (χ3v) is 7.06. The first-order chi connectivity index (χ1) is 16.1. The van der Waals surface area contributed by atoms with Crippen LogP contribution in [0.25, 0.3) is 21.3 Å². The van der Waals surface area contributed by atoms with E-state index in [1.165, 1.54) is 9.72 Å². The molecule has 1 fully saturated rings. The zero-order valence-corrected chi connectivity index (χ0v) is 19.7. The van der Waals surface area contributed by atoms with Gasteiger partial charge in [-0.25, -0.2) is 9.97 Å². The Hall–Kier alpha value is -3.27. The fourth-order valence-corrected chi connectivity index (χ4v) is 5.13. The lowest BCUT2D eigenvalue weighted by Crippen LogP contribution is -2.49. The van der Waals surface area contributed by atoms with Crippen molar-refractivity contribution in [2.45, 2.75) is 33.1 Å². The summed E-state index contributed by atoms with van der Waals surface area (Å²) in [6, 6.07) is 9.84. The number of aryl methyl sites for hydroxylation is 2. The molecule has 0 saturated carbocycles. The van der Waals surface area contributed by atoms with Crippen LogP contribution in [0.5, 0.6) is 0 Å². The van der Waals surface area contributed by atoms with E-state index in [0.717, 1.165) is 52.4 Å². The van der Waals surface area contributed by atoms with Gasteiger partial charge in [0.2, 0.25) is 5.91 Å².